The summed E-state index contributed by atoms with van der Waals surface area (Å²) in [4.78, 5) is 57.2. The number of Topliss-reactive ketones (excluding diaryl/α,β-unsaturated/α-hetero) is 1. The lowest BCUT2D eigenvalue weighted by atomic mass is 9.59. The summed E-state index contributed by atoms with van der Waals surface area (Å²) in [5, 5.41) is 12.1. The van der Waals surface area contributed by atoms with Crippen molar-refractivity contribution in [2.24, 2.45) is 17.8 Å². The number of methoxy groups -OCH3 is 2. The molecule has 1 aliphatic heterocycles. The SMILES string of the molecule is COc1ccc(OC)c(C=Cc2ccc(N3C(=O)C4CC=C5C(c6ccc(O)c7ccccc67)C6=C(CC5C4C3=O)C(=O)C(C)=CC6=O)cc2)c1. The Labute approximate surface area is 295 Å². The number of benzene rings is 4. The smallest absolute Gasteiger partial charge is 0.238 e. The van der Waals surface area contributed by atoms with Crippen LogP contribution in [-0.2, 0) is 19.2 Å². The van der Waals surface area contributed by atoms with E-state index in [1.54, 1.807) is 45.4 Å². The first kappa shape index (κ1) is 32.2. The van der Waals surface area contributed by atoms with Crippen molar-refractivity contribution >= 4 is 52.0 Å². The molecule has 0 aromatic heterocycles. The summed E-state index contributed by atoms with van der Waals surface area (Å²) in [7, 11) is 3.21. The van der Waals surface area contributed by atoms with Gasteiger partial charge < -0.3 is 14.6 Å². The van der Waals surface area contributed by atoms with Crippen molar-refractivity contribution in [3.8, 4) is 17.2 Å². The number of imide groups is 1. The van der Waals surface area contributed by atoms with Crippen LogP contribution >= 0.6 is 0 Å². The average Bonchev–Trinajstić information content (AvgIpc) is 3.41. The summed E-state index contributed by atoms with van der Waals surface area (Å²) in [6, 6.07) is 23.6. The van der Waals surface area contributed by atoms with E-state index in [0.717, 1.165) is 27.6 Å². The molecule has 8 heteroatoms. The molecule has 3 aliphatic carbocycles. The Kier molecular flexibility index (Phi) is 7.82. The number of carbonyl (C=O) groups is 4. The van der Waals surface area contributed by atoms with E-state index in [9.17, 15) is 24.3 Å². The molecule has 4 unspecified atom stereocenters. The van der Waals surface area contributed by atoms with Crippen molar-refractivity contribution in [1.82, 2.24) is 0 Å². The number of aromatic hydroxyl groups is 1. The molecule has 0 bridgehead atoms. The minimum atomic E-state index is -0.688. The number of ketones is 2. The molecule has 4 aromatic rings. The Morgan fingerprint density at radius 1 is 0.824 bits per heavy atom. The van der Waals surface area contributed by atoms with Crippen molar-refractivity contribution in [3.05, 3.63) is 130 Å². The highest BCUT2D eigenvalue weighted by Gasteiger charge is 2.56. The molecular formula is C43H35NO7. The normalized spacial score (nSPS) is 22.9. The monoisotopic (exact) mass is 677 g/mol. The maximum atomic E-state index is 14.4. The molecule has 1 N–H and O–H groups in total. The van der Waals surface area contributed by atoms with Crippen molar-refractivity contribution in [1.29, 1.82) is 0 Å². The third kappa shape index (κ3) is 5.12. The van der Waals surface area contributed by atoms with Crippen molar-refractivity contribution < 1.29 is 33.8 Å². The topological polar surface area (TPSA) is 110 Å². The first-order valence-corrected chi connectivity index (χ1v) is 17.0. The predicted octanol–water partition coefficient (Wildman–Crippen LogP) is 7.37. The Hall–Kier alpha value is -6.02. The number of hydrogen-bond donors (Lipinski definition) is 1. The quantitative estimate of drug-likeness (QED) is 0.0983. The highest BCUT2D eigenvalue weighted by molar-refractivity contribution is 6.25. The van der Waals surface area contributed by atoms with E-state index >= 15 is 0 Å². The Morgan fingerprint density at radius 3 is 2.33 bits per heavy atom. The molecule has 2 amide bonds. The molecule has 8 rings (SSSR count). The molecule has 4 aromatic carbocycles. The van der Waals surface area contributed by atoms with Crippen LogP contribution in [0.15, 0.2) is 113 Å². The number of fused-ring (bicyclic) bond motifs is 4. The van der Waals surface area contributed by atoms with Crippen LogP contribution in [0.5, 0.6) is 17.2 Å². The van der Waals surface area contributed by atoms with Crippen molar-refractivity contribution in [3.63, 3.8) is 0 Å². The third-order valence-corrected chi connectivity index (χ3v) is 10.9. The lowest BCUT2D eigenvalue weighted by Crippen LogP contribution is -2.39. The number of allylic oxidation sites excluding steroid dienone is 6. The van der Waals surface area contributed by atoms with Gasteiger partial charge in [-0.15, -0.1) is 0 Å². The number of hydrogen-bond acceptors (Lipinski definition) is 7. The van der Waals surface area contributed by atoms with Gasteiger partial charge in [0.1, 0.15) is 17.2 Å². The summed E-state index contributed by atoms with van der Waals surface area (Å²) >= 11 is 0. The van der Waals surface area contributed by atoms with Gasteiger partial charge in [0, 0.05) is 33.6 Å². The molecule has 1 heterocycles. The van der Waals surface area contributed by atoms with E-state index < -0.39 is 23.7 Å². The fraction of sp³-hybridized carbons (Fsp3) is 0.209. The van der Waals surface area contributed by atoms with Crippen LogP contribution in [0.2, 0.25) is 0 Å². The molecule has 0 radical (unpaired) electrons. The number of ether oxygens (including phenoxy) is 2. The summed E-state index contributed by atoms with van der Waals surface area (Å²) in [6.45, 7) is 1.64. The molecule has 254 valence electrons. The van der Waals surface area contributed by atoms with Gasteiger partial charge in [0.25, 0.3) is 0 Å². The van der Waals surface area contributed by atoms with Crippen LogP contribution in [0.4, 0.5) is 5.69 Å². The number of amides is 2. The number of anilines is 1. The summed E-state index contributed by atoms with van der Waals surface area (Å²) < 4.78 is 10.8. The molecule has 1 saturated heterocycles. The van der Waals surface area contributed by atoms with E-state index in [2.05, 4.69) is 0 Å². The number of nitrogens with zero attached hydrogens (tertiary/aromatic N) is 1. The molecule has 8 nitrogen and oxygen atoms in total. The summed E-state index contributed by atoms with van der Waals surface area (Å²) in [6.07, 6.45) is 7.80. The van der Waals surface area contributed by atoms with Gasteiger partial charge in [-0.25, -0.2) is 0 Å². The van der Waals surface area contributed by atoms with Crippen molar-refractivity contribution in [2.45, 2.75) is 25.7 Å². The van der Waals surface area contributed by atoms with Gasteiger partial charge in [0.2, 0.25) is 11.8 Å². The van der Waals surface area contributed by atoms with E-state index in [1.165, 1.54) is 11.0 Å². The fourth-order valence-electron chi connectivity index (χ4n) is 8.44. The van der Waals surface area contributed by atoms with Gasteiger partial charge in [-0.1, -0.05) is 66.3 Å². The molecule has 0 saturated carbocycles. The minimum Gasteiger partial charge on any atom is -0.507 e. The van der Waals surface area contributed by atoms with Gasteiger partial charge in [-0.2, -0.15) is 0 Å². The van der Waals surface area contributed by atoms with Gasteiger partial charge in [0.15, 0.2) is 11.6 Å². The minimum absolute atomic E-state index is 0.115. The van der Waals surface area contributed by atoms with E-state index in [4.69, 9.17) is 9.47 Å². The zero-order valence-corrected chi connectivity index (χ0v) is 28.4. The fourth-order valence-corrected chi connectivity index (χ4v) is 8.44. The number of phenols is 1. The van der Waals surface area contributed by atoms with Gasteiger partial charge >= 0.3 is 0 Å². The highest BCUT2D eigenvalue weighted by Crippen LogP contribution is 2.56. The lowest BCUT2D eigenvalue weighted by Gasteiger charge is -2.42. The van der Waals surface area contributed by atoms with Gasteiger partial charge in [-0.3, -0.25) is 24.1 Å². The first-order valence-electron chi connectivity index (χ1n) is 17.0. The molecule has 0 spiro atoms. The van der Waals surface area contributed by atoms with Crippen LogP contribution in [0.25, 0.3) is 22.9 Å². The van der Waals surface area contributed by atoms with E-state index in [0.29, 0.717) is 45.7 Å². The first-order chi connectivity index (χ1) is 24.7. The summed E-state index contributed by atoms with van der Waals surface area (Å²) in [5.74, 6) is -1.81. The van der Waals surface area contributed by atoms with Crippen LogP contribution < -0.4 is 14.4 Å². The Bertz CT molecular complexity index is 2310. The Morgan fingerprint density at radius 2 is 1.59 bits per heavy atom. The van der Waals surface area contributed by atoms with Crippen LogP contribution in [0.3, 0.4) is 0 Å². The highest BCUT2D eigenvalue weighted by atomic mass is 16.5. The number of rotatable bonds is 6. The zero-order valence-electron chi connectivity index (χ0n) is 28.4. The molecular weight excluding hydrogens is 642 g/mol. The van der Waals surface area contributed by atoms with Gasteiger partial charge in [-0.05, 0) is 84.7 Å². The molecule has 4 aliphatic rings. The van der Waals surface area contributed by atoms with Crippen LogP contribution in [-0.4, -0.2) is 42.7 Å². The second-order valence-corrected chi connectivity index (χ2v) is 13.5. The molecule has 1 fully saturated rings. The van der Waals surface area contributed by atoms with Crippen molar-refractivity contribution in [2.75, 3.05) is 19.1 Å². The summed E-state index contributed by atoms with van der Waals surface area (Å²) in [5.41, 5.74) is 5.03. The van der Waals surface area contributed by atoms with E-state index in [1.807, 2.05) is 72.8 Å². The Balaban J connectivity index is 1.15. The van der Waals surface area contributed by atoms with Crippen LogP contribution in [0, 0.1) is 17.8 Å². The van der Waals surface area contributed by atoms with Crippen LogP contribution in [0.1, 0.15) is 42.4 Å². The second kappa shape index (κ2) is 12.4. The third-order valence-electron chi connectivity index (χ3n) is 10.9. The molecule has 51 heavy (non-hydrogen) atoms. The number of phenolic OH excluding ortho intramolecular Hbond substituents is 1. The van der Waals surface area contributed by atoms with E-state index in [-0.39, 0.29) is 35.6 Å². The molecule has 4 atom stereocenters. The van der Waals surface area contributed by atoms with Gasteiger partial charge in [0.05, 0.1) is 31.7 Å². The maximum Gasteiger partial charge on any atom is 0.238 e. The zero-order chi connectivity index (χ0) is 35.6. The number of carbonyl (C=O) groups excluding carboxylic acids is 4. The second-order valence-electron chi connectivity index (χ2n) is 13.5. The predicted molar refractivity (Wildman–Crippen MR) is 194 cm³/mol. The average molecular weight is 678 g/mol. The standard InChI is InChI=1S/C43H35NO7/c1-23-20-36(46)40-34(41(23)47)22-33-31(38(40)30-17-18-35(45)29-7-5-4-6-28(29)30)15-16-32-39(33)43(49)44(42(32)48)26-12-9-24(10-13-26)8-11-25-21-27(50-2)14-19-37(25)51-3/h4-15,17-21,32-33,38-39,45H,16,22H2,1-3H3. The maximum absolute atomic E-state index is 14.4. The lowest BCUT2D eigenvalue weighted by molar-refractivity contribution is -0.123. The largest absolute Gasteiger partial charge is 0.507 e.